The van der Waals surface area contributed by atoms with E-state index in [9.17, 15) is 0 Å². The number of aromatic amines is 1. The number of hydrogen-bond acceptors (Lipinski definition) is 4. The lowest BCUT2D eigenvalue weighted by Crippen LogP contribution is -2.37. The van der Waals surface area contributed by atoms with E-state index < -0.39 is 0 Å². The van der Waals surface area contributed by atoms with Gasteiger partial charge >= 0.3 is 0 Å². The van der Waals surface area contributed by atoms with E-state index in [1.54, 1.807) is 0 Å². The van der Waals surface area contributed by atoms with Gasteiger partial charge in [-0.05, 0) is 43.4 Å². The molecule has 2 atom stereocenters. The van der Waals surface area contributed by atoms with E-state index in [1.165, 1.54) is 50.8 Å². The van der Waals surface area contributed by atoms with Crippen molar-refractivity contribution in [2.45, 2.75) is 44.2 Å². The number of rotatable bonds is 6. The van der Waals surface area contributed by atoms with Gasteiger partial charge in [0.2, 0.25) is 0 Å². The molecule has 4 rings (SSSR count). The first-order valence-electron chi connectivity index (χ1n) is 9.26. The Bertz CT molecular complexity index is 606. The van der Waals surface area contributed by atoms with Gasteiger partial charge in [-0.15, -0.1) is 0 Å². The van der Waals surface area contributed by atoms with Crippen molar-refractivity contribution in [2.24, 2.45) is 5.92 Å². The average molecular weight is 325 g/mol. The van der Waals surface area contributed by atoms with E-state index in [0.717, 1.165) is 18.3 Å². The van der Waals surface area contributed by atoms with Crippen molar-refractivity contribution in [2.75, 3.05) is 19.6 Å². The van der Waals surface area contributed by atoms with Crippen LogP contribution in [-0.2, 0) is 0 Å². The van der Waals surface area contributed by atoms with Crippen LogP contribution < -0.4 is 5.32 Å². The molecule has 3 heterocycles. The van der Waals surface area contributed by atoms with E-state index in [-0.39, 0.29) is 6.04 Å². The van der Waals surface area contributed by atoms with Gasteiger partial charge < -0.3 is 9.88 Å². The highest BCUT2D eigenvalue weighted by molar-refractivity contribution is 5.21. The molecule has 1 aliphatic carbocycles. The van der Waals surface area contributed by atoms with Crippen LogP contribution >= 0.6 is 0 Å². The number of likely N-dealkylation sites (tertiary alicyclic amines) is 1. The second kappa shape index (κ2) is 7.45. The van der Waals surface area contributed by atoms with E-state index in [2.05, 4.69) is 31.2 Å². The summed E-state index contributed by atoms with van der Waals surface area (Å²) < 4.78 is 0. The van der Waals surface area contributed by atoms with Gasteiger partial charge in [-0.3, -0.25) is 10.3 Å². The van der Waals surface area contributed by atoms with Crippen LogP contribution in [0.2, 0.25) is 0 Å². The molecule has 2 aromatic rings. The number of H-pyrrole nitrogens is 1. The number of nitrogens with zero attached hydrogens (tertiary/aromatic N) is 3. The van der Waals surface area contributed by atoms with Crippen LogP contribution in [0.1, 0.15) is 49.5 Å². The summed E-state index contributed by atoms with van der Waals surface area (Å²) in [6.07, 6.45) is 14.4. The third-order valence-corrected chi connectivity index (χ3v) is 5.48. The summed E-state index contributed by atoms with van der Waals surface area (Å²) in [5, 5.41) is 3.81. The Hall–Kier alpha value is -1.72. The maximum atomic E-state index is 4.48. The second-order valence-electron chi connectivity index (χ2n) is 7.26. The molecule has 0 spiro atoms. The monoisotopic (exact) mass is 325 g/mol. The Labute approximate surface area is 143 Å². The number of aromatic nitrogens is 3. The number of hydrogen-bond donors (Lipinski definition) is 2. The number of imidazole rings is 1. The van der Waals surface area contributed by atoms with Crippen LogP contribution in [0.15, 0.2) is 36.9 Å². The lowest BCUT2D eigenvalue weighted by molar-refractivity contribution is 0.271. The van der Waals surface area contributed by atoms with Crippen molar-refractivity contribution in [3.63, 3.8) is 0 Å². The number of pyridine rings is 1. The van der Waals surface area contributed by atoms with Crippen LogP contribution in [0.5, 0.6) is 0 Å². The summed E-state index contributed by atoms with van der Waals surface area (Å²) in [4.78, 5) is 14.7. The Balaban J connectivity index is 1.40. The van der Waals surface area contributed by atoms with Crippen molar-refractivity contribution in [1.29, 1.82) is 0 Å². The van der Waals surface area contributed by atoms with Gasteiger partial charge in [-0.1, -0.05) is 18.9 Å². The van der Waals surface area contributed by atoms with Gasteiger partial charge in [-0.2, -0.15) is 0 Å². The van der Waals surface area contributed by atoms with Crippen molar-refractivity contribution in [3.05, 3.63) is 48.3 Å². The van der Waals surface area contributed by atoms with Gasteiger partial charge in [0, 0.05) is 43.9 Å². The fourth-order valence-corrected chi connectivity index (χ4v) is 4.24. The first kappa shape index (κ1) is 15.8. The predicted molar refractivity (Wildman–Crippen MR) is 94.6 cm³/mol. The Morgan fingerprint density at radius 2 is 2.17 bits per heavy atom. The largest absolute Gasteiger partial charge is 0.347 e. The maximum Gasteiger partial charge on any atom is 0.127 e. The molecular formula is C19H27N5. The Morgan fingerprint density at radius 1 is 1.25 bits per heavy atom. The van der Waals surface area contributed by atoms with Crippen LogP contribution in [0, 0.1) is 5.92 Å². The van der Waals surface area contributed by atoms with E-state index in [0.29, 0.717) is 6.04 Å². The molecule has 0 bridgehead atoms. The summed E-state index contributed by atoms with van der Waals surface area (Å²) in [6.45, 7) is 3.65. The molecule has 2 N–H and O–H groups in total. The molecule has 5 nitrogen and oxygen atoms in total. The predicted octanol–water partition coefficient (Wildman–Crippen LogP) is 2.75. The molecule has 2 aromatic heterocycles. The minimum atomic E-state index is 0.0881. The Morgan fingerprint density at radius 3 is 2.92 bits per heavy atom. The maximum absolute atomic E-state index is 4.48. The summed E-state index contributed by atoms with van der Waals surface area (Å²) in [6, 6.07) is 4.72. The zero-order valence-corrected chi connectivity index (χ0v) is 14.2. The van der Waals surface area contributed by atoms with Gasteiger partial charge in [0.05, 0.1) is 6.04 Å². The molecular weight excluding hydrogens is 298 g/mol. The van der Waals surface area contributed by atoms with Crippen molar-refractivity contribution < 1.29 is 0 Å². The number of nitrogens with one attached hydrogen (secondary N) is 2. The fourth-order valence-electron chi connectivity index (χ4n) is 4.24. The van der Waals surface area contributed by atoms with Crippen LogP contribution in [-0.4, -0.2) is 45.5 Å². The fraction of sp³-hybridized carbons (Fsp3) is 0.579. The lowest BCUT2D eigenvalue weighted by atomic mass is 10.1. The molecule has 1 saturated heterocycles. The second-order valence-corrected chi connectivity index (χ2v) is 7.26. The van der Waals surface area contributed by atoms with Crippen molar-refractivity contribution >= 4 is 0 Å². The standard InChI is InChI=1S/C19H27N5/c1-2-5-15(4-1)13-24-11-7-17(14-24)23-18(19-21-9-10-22-19)16-6-3-8-20-12-16/h3,6,8-10,12,15,17-18,23H,1-2,4-5,7,11,13-14H2,(H,21,22)/t17-,18-/m1/s1. The van der Waals surface area contributed by atoms with Crippen molar-refractivity contribution in [3.8, 4) is 0 Å². The smallest absolute Gasteiger partial charge is 0.127 e. The van der Waals surface area contributed by atoms with Gasteiger partial charge in [0.15, 0.2) is 0 Å². The average Bonchev–Trinajstić information content (AvgIpc) is 3.37. The molecule has 0 radical (unpaired) electrons. The topological polar surface area (TPSA) is 56.8 Å². The normalized spacial score (nSPS) is 23.8. The van der Waals surface area contributed by atoms with Gasteiger partial charge in [0.1, 0.15) is 5.82 Å². The first-order chi connectivity index (χ1) is 11.9. The minimum Gasteiger partial charge on any atom is -0.347 e. The quantitative estimate of drug-likeness (QED) is 0.857. The molecule has 0 unspecified atom stereocenters. The van der Waals surface area contributed by atoms with Crippen molar-refractivity contribution in [1.82, 2.24) is 25.2 Å². The first-order valence-corrected chi connectivity index (χ1v) is 9.26. The van der Waals surface area contributed by atoms with Gasteiger partial charge in [0.25, 0.3) is 0 Å². The molecule has 1 aliphatic heterocycles. The molecule has 2 aliphatic rings. The highest BCUT2D eigenvalue weighted by Gasteiger charge is 2.29. The molecule has 0 amide bonds. The molecule has 128 valence electrons. The Kier molecular flexibility index (Phi) is 4.90. The zero-order valence-electron chi connectivity index (χ0n) is 14.2. The third-order valence-electron chi connectivity index (χ3n) is 5.48. The highest BCUT2D eigenvalue weighted by Crippen LogP contribution is 2.27. The van der Waals surface area contributed by atoms with E-state index in [1.807, 2.05) is 30.9 Å². The molecule has 0 aromatic carbocycles. The van der Waals surface area contributed by atoms with Crippen LogP contribution in [0.25, 0.3) is 0 Å². The molecule has 1 saturated carbocycles. The minimum absolute atomic E-state index is 0.0881. The summed E-state index contributed by atoms with van der Waals surface area (Å²) in [5.41, 5.74) is 1.17. The highest BCUT2D eigenvalue weighted by atomic mass is 15.2. The third kappa shape index (κ3) is 3.68. The van der Waals surface area contributed by atoms with E-state index in [4.69, 9.17) is 0 Å². The lowest BCUT2D eigenvalue weighted by Gasteiger charge is -2.23. The molecule has 5 heteroatoms. The van der Waals surface area contributed by atoms with E-state index >= 15 is 0 Å². The SMILES string of the molecule is c1cncc([C@@H](N[C@@H]2CCN(CC3CCCC3)C2)c2ncc[nH]2)c1. The molecule has 24 heavy (non-hydrogen) atoms. The van der Waals surface area contributed by atoms with Gasteiger partial charge in [-0.25, -0.2) is 4.98 Å². The summed E-state index contributed by atoms with van der Waals surface area (Å²) >= 11 is 0. The zero-order chi connectivity index (χ0) is 16.2. The van der Waals surface area contributed by atoms with Crippen LogP contribution in [0.3, 0.4) is 0 Å². The summed E-state index contributed by atoms with van der Waals surface area (Å²) in [5.74, 6) is 1.90. The summed E-state index contributed by atoms with van der Waals surface area (Å²) in [7, 11) is 0. The van der Waals surface area contributed by atoms with Crippen LogP contribution in [0.4, 0.5) is 0 Å². The molecule has 2 fully saturated rings.